The second kappa shape index (κ2) is 6.58. The Bertz CT molecular complexity index is 593. The second-order valence-corrected chi connectivity index (χ2v) is 6.06. The summed E-state index contributed by atoms with van der Waals surface area (Å²) in [6, 6.07) is 5.23. The van der Waals surface area contributed by atoms with Gasteiger partial charge in [-0.2, -0.15) is 13.2 Å². The largest absolute Gasteiger partial charge is 0.416 e. The zero-order valence-electron chi connectivity index (χ0n) is 11.9. The molecule has 2 aromatic rings. The minimum absolute atomic E-state index is 0.251. The SMILES string of the molecule is CCCNC(c1cccc(C(F)(F)F)c1)c1cnc(C)s1. The summed E-state index contributed by atoms with van der Waals surface area (Å²) in [6.45, 7) is 4.64. The normalized spacial score (nSPS) is 13.4. The van der Waals surface area contributed by atoms with Crippen LogP contribution >= 0.6 is 11.3 Å². The molecule has 0 bridgehead atoms. The number of nitrogens with zero attached hydrogens (tertiary/aromatic N) is 1. The summed E-state index contributed by atoms with van der Waals surface area (Å²) >= 11 is 1.50. The van der Waals surface area contributed by atoms with E-state index in [1.165, 1.54) is 23.5 Å². The van der Waals surface area contributed by atoms with Crippen LogP contribution < -0.4 is 5.32 Å². The van der Waals surface area contributed by atoms with E-state index in [-0.39, 0.29) is 6.04 Å². The summed E-state index contributed by atoms with van der Waals surface area (Å²) in [5.41, 5.74) is -0.00791. The van der Waals surface area contributed by atoms with E-state index in [1.54, 1.807) is 12.3 Å². The molecule has 0 aliphatic heterocycles. The maximum atomic E-state index is 12.9. The number of aryl methyl sites for hydroxylation is 1. The smallest absolute Gasteiger partial charge is 0.306 e. The van der Waals surface area contributed by atoms with E-state index in [4.69, 9.17) is 0 Å². The molecule has 6 heteroatoms. The number of halogens is 3. The van der Waals surface area contributed by atoms with Crippen LogP contribution in [0, 0.1) is 6.92 Å². The molecule has 1 aromatic heterocycles. The molecule has 1 heterocycles. The van der Waals surface area contributed by atoms with Gasteiger partial charge in [0.2, 0.25) is 0 Å². The van der Waals surface area contributed by atoms with Crippen LogP contribution in [-0.4, -0.2) is 11.5 Å². The van der Waals surface area contributed by atoms with Crippen LogP contribution in [0.25, 0.3) is 0 Å². The lowest BCUT2D eigenvalue weighted by atomic mass is 10.0. The first-order chi connectivity index (χ1) is 9.91. The minimum Gasteiger partial charge on any atom is -0.306 e. The van der Waals surface area contributed by atoms with E-state index in [9.17, 15) is 13.2 Å². The summed E-state index contributed by atoms with van der Waals surface area (Å²) in [7, 11) is 0. The number of benzene rings is 1. The number of aromatic nitrogens is 1. The zero-order chi connectivity index (χ0) is 15.5. The maximum Gasteiger partial charge on any atom is 0.416 e. The molecule has 21 heavy (non-hydrogen) atoms. The highest BCUT2D eigenvalue weighted by molar-refractivity contribution is 7.11. The van der Waals surface area contributed by atoms with Crippen LogP contribution in [-0.2, 0) is 6.18 Å². The fraction of sp³-hybridized carbons (Fsp3) is 0.400. The third kappa shape index (κ3) is 4.04. The van der Waals surface area contributed by atoms with Gasteiger partial charge in [0.25, 0.3) is 0 Å². The lowest BCUT2D eigenvalue weighted by Gasteiger charge is -2.18. The molecule has 0 radical (unpaired) electrons. The second-order valence-electron chi connectivity index (χ2n) is 4.79. The Morgan fingerprint density at radius 1 is 1.33 bits per heavy atom. The molecule has 0 spiro atoms. The van der Waals surface area contributed by atoms with Crippen molar-refractivity contribution < 1.29 is 13.2 Å². The van der Waals surface area contributed by atoms with Crippen LogP contribution in [0.2, 0.25) is 0 Å². The van der Waals surface area contributed by atoms with Crippen LogP contribution in [0.1, 0.15) is 40.4 Å². The molecular formula is C15H17F3N2S. The van der Waals surface area contributed by atoms with Gasteiger partial charge in [-0.1, -0.05) is 19.1 Å². The Morgan fingerprint density at radius 2 is 2.10 bits per heavy atom. The number of alkyl halides is 3. The van der Waals surface area contributed by atoms with E-state index >= 15 is 0 Å². The molecule has 1 aromatic carbocycles. The van der Waals surface area contributed by atoms with Crippen LogP contribution in [0.15, 0.2) is 30.5 Å². The number of hydrogen-bond acceptors (Lipinski definition) is 3. The number of thiazole rings is 1. The highest BCUT2D eigenvalue weighted by Crippen LogP contribution is 2.33. The topological polar surface area (TPSA) is 24.9 Å². The lowest BCUT2D eigenvalue weighted by molar-refractivity contribution is -0.137. The summed E-state index contributed by atoms with van der Waals surface area (Å²) in [5, 5.41) is 4.20. The predicted octanol–water partition coefficient (Wildman–Crippen LogP) is 4.56. The molecule has 0 aliphatic carbocycles. The summed E-state index contributed by atoms with van der Waals surface area (Å²) < 4.78 is 38.6. The van der Waals surface area contributed by atoms with Gasteiger partial charge in [0.05, 0.1) is 16.6 Å². The Kier molecular flexibility index (Phi) is 5.00. The van der Waals surface area contributed by atoms with Crippen LogP contribution in [0.4, 0.5) is 13.2 Å². The number of rotatable bonds is 5. The predicted molar refractivity (Wildman–Crippen MR) is 78.4 cm³/mol. The molecular weight excluding hydrogens is 297 g/mol. The maximum absolute atomic E-state index is 12.9. The lowest BCUT2D eigenvalue weighted by Crippen LogP contribution is -2.22. The Balaban J connectivity index is 2.37. The first kappa shape index (κ1) is 16.0. The highest BCUT2D eigenvalue weighted by atomic mass is 32.1. The molecule has 2 rings (SSSR count). The zero-order valence-corrected chi connectivity index (χ0v) is 12.7. The van der Waals surface area contributed by atoms with Gasteiger partial charge < -0.3 is 5.32 Å². The van der Waals surface area contributed by atoms with Crippen molar-refractivity contribution in [1.82, 2.24) is 10.3 Å². The van der Waals surface area contributed by atoms with Gasteiger partial charge in [-0.25, -0.2) is 4.98 Å². The van der Waals surface area contributed by atoms with Crippen molar-refractivity contribution in [2.24, 2.45) is 0 Å². The summed E-state index contributed by atoms with van der Waals surface area (Å²) in [6.07, 6.45) is -1.68. The Morgan fingerprint density at radius 3 is 2.67 bits per heavy atom. The van der Waals surface area contributed by atoms with Crippen molar-refractivity contribution >= 4 is 11.3 Å². The van der Waals surface area contributed by atoms with E-state index < -0.39 is 11.7 Å². The van der Waals surface area contributed by atoms with Crippen molar-refractivity contribution in [3.05, 3.63) is 51.5 Å². The van der Waals surface area contributed by atoms with Gasteiger partial charge in [0, 0.05) is 11.1 Å². The summed E-state index contributed by atoms with van der Waals surface area (Å²) in [5.74, 6) is 0. The molecule has 0 saturated heterocycles. The quantitative estimate of drug-likeness (QED) is 0.875. The fourth-order valence-electron chi connectivity index (χ4n) is 2.08. The monoisotopic (exact) mass is 314 g/mol. The fourth-order valence-corrected chi connectivity index (χ4v) is 2.97. The molecule has 0 fully saturated rings. The molecule has 114 valence electrons. The number of nitrogens with one attached hydrogen (secondary N) is 1. The Labute approximate surface area is 126 Å². The van der Waals surface area contributed by atoms with Gasteiger partial charge in [0.1, 0.15) is 0 Å². The van der Waals surface area contributed by atoms with Crippen molar-refractivity contribution in [2.75, 3.05) is 6.54 Å². The average molecular weight is 314 g/mol. The van der Waals surface area contributed by atoms with E-state index in [0.717, 1.165) is 28.9 Å². The molecule has 0 aliphatic rings. The molecule has 1 atom stereocenters. The molecule has 1 unspecified atom stereocenters. The first-order valence-corrected chi connectivity index (χ1v) is 7.56. The average Bonchev–Trinajstić information content (AvgIpc) is 2.85. The molecule has 0 saturated carbocycles. The van der Waals surface area contributed by atoms with Crippen molar-refractivity contribution in [1.29, 1.82) is 0 Å². The first-order valence-electron chi connectivity index (χ1n) is 6.74. The van der Waals surface area contributed by atoms with E-state index in [2.05, 4.69) is 10.3 Å². The van der Waals surface area contributed by atoms with Crippen molar-refractivity contribution in [3.63, 3.8) is 0 Å². The highest BCUT2D eigenvalue weighted by Gasteiger charge is 2.31. The van der Waals surface area contributed by atoms with E-state index in [1.807, 2.05) is 13.8 Å². The van der Waals surface area contributed by atoms with Gasteiger partial charge in [0.15, 0.2) is 0 Å². The van der Waals surface area contributed by atoms with E-state index in [0.29, 0.717) is 5.56 Å². The van der Waals surface area contributed by atoms with Crippen molar-refractivity contribution in [2.45, 2.75) is 32.5 Å². The molecule has 0 amide bonds. The van der Waals surface area contributed by atoms with Crippen LogP contribution in [0.5, 0.6) is 0 Å². The Hall–Kier alpha value is -1.40. The molecule has 1 N–H and O–H groups in total. The third-order valence-electron chi connectivity index (χ3n) is 3.07. The summed E-state index contributed by atoms with van der Waals surface area (Å²) in [4.78, 5) is 5.13. The third-order valence-corrected chi connectivity index (χ3v) is 4.05. The van der Waals surface area contributed by atoms with Gasteiger partial charge in [-0.15, -0.1) is 11.3 Å². The standard InChI is InChI=1S/C15H17F3N2S/c1-3-7-19-14(13-9-20-10(2)21-13)11-5-4-6-12(8-11)15(16,17)18/h4-6,8-9,14,19H,3,7H2,1-2H3. The van der Waals surface area contributed by atoms with Gasteiger partial charge in [-0.05, 0) is 37.6 Å². The van der Waals surface area contributed by atoms with Crippen LogP contribution in [0.3, 0.4) is 0 Å². The van der Waals surface area contributed by atoms with Gasteiger partial charge in [-0.3, -0.25) is 0 Å². The molecule has 2 nitrogen and oxygen atoms in total. The van der Waals surface area contributed by atoms with Gasteiger partial charge >= 0.3 is 6.18 Å². The minimum atomic E-state index is -4.32. The number of hydrogen-bond donors (Lipinski definition) is 1. The van der Waals surface area contributed by atoms with Crippen molar-refractivity contribution in [3.8, 4) is 0 Å².